The molecule has 2 aromatic carbocycles. The lowest BCUT2D eigenvalue weighted by atomic mass is 10.1. The molecule has 4 aromatic rings. The minimum Gasteiger partial charge on any atom is -0.493 e. The monoisotopic (exact) mass is 401 g/mol. The molecule has 1 N–H and O–H groups in total. The van der Waals surface area contributed by atoms with Gasteiger partial charge >= 0.3 is 0 Å². The standard InChI is InChI=1S/C24H23N3O3/c1-29-20-13-11-16(15-21(20)30-18-9-5-6-10-18)23-19-12-14-22(28)25-24(19)27(26-23)17-7-3-2-4-8-17/h2-4,7-8,11-15,18H,5-6,9-10H2,1H3,(H,25,28). The average Bonchev–Trinajstić information content (AvgIpc) is 3.42. The van der Waals surface area contributed by atoms with Gasteiger partial charge in [0.2, 0.25) is 5.56 Å². The lowest BCUT2D eigenvalue weighted by molar-refractivity contribution is 0.201. The van der Waals surface area contributed by atoms with Crippen molar-refractivity contribution in [2.75, 3.05) is 7.11 Å². The number of ether oxygens (including phenoxy) is 2. The number of pyridine rings is 1. The van der Waals surface area contributed by atoms with Gasteiger partial charge in [0, 0.05) is 17.0 Å². The van der Waals surface area contributed by atoms with Gasteiger partial charge in [0.1, 0.15) is 11.3 Å². The van der Waals surface area contributed by atoms with E-state index in [0.29, 0.717) is 11.4 Å². The summed E-state index contributed by atoms with van der Waals surface area (Å²) in [6.45, 7) is 0. The highest BCUT2D eigenvalue weighted by Gasteiger charge is 2.20. The van der Waals surface area contributed by atoms with E-state index < -0.39 is 0 Å². The number of nitrogens with zero attached hydrogens (tertiary/aromatic N) is 2. The number of aromatic amines is 1. The summed E-state index contributed by atoms with van der Waals surface area (Å²) in [6.07, 6.45) is 4.77. The number of hydrogen-bond acceptors (Lipinski definition) is 4. The maximum Gasteiger partial charge on any atom is 0.249 e. The minimum absolute atomic E-state index is 0.161. The fraction of sp³-hybridized carbons (Fsp3) is 0.250. The van der Waals surface area contributed by atoms with Crippen molar-refractivity contribution < 1.29 is 9.47 Å². The summed E-state index contributed by atoms with van der Waals surface area (Å²) >= 11 is 0. The molecule has 2 aromatic heterocycles. The molecular weight excluding hydrogens is 378 g/mol. The summed E-state index contributed by atoms with van der Waals surface area (Å²) in [4.78, 5) is 14.9. The van der Waals surface area contributed by atoms with Crippen molar-refractivity contribution in [2.45, 2.75) is 31.8 Å². The molecule has 0 bridgehead atoms. The van der Waals surface area contributed by atoms with E-state index in [0.717, 1.165) is 40.9 Å². The Morgan fingerprint density at radius 3 is 2.57 bits per heavy atom. The molecule has 1 aliphatic rings. The maximum absolute atomic E-state index is 12.0. The normalized spacial score (nSPS) is 14.3. The first-order valence-corrected chi connectivity index (χ1v) is 10.3. The van der Waals surface area contributed by atoms with Gasteiger partial charge in [0.15, 0.2) is 11.5 Å². The number of rotatable bonds is 5. The van der Waals surface area contributed by atoms with Gasteiger partial charge < -0.3 is 14.5 Å². The molecule has 6 heteroatoms. The third-order valence-electron chi connectivity index (χ3n) is 5.60. The van der Waals surface area contributed by atoms with Crippen molar-refractivity contribution in [3.63, 3.8) is 0 Å². The number of nitrogens with one attached hydrogen (secondary N) is 1. The van der Waals surface area contributed by atoms with Gasteiger partial charge in [0.05, 0.1) is 18.9 Å². The second-order valence-corrected chi connectivity index (χ2v) is 7.57. The van der Waals surface area contributed by atoms with Crippen LogP contribution in [0.1, 0.15) is 25.7 Å². The number of fused-ring (bicyclic) bond motifs is 1. The fourth-order valence-electron chi connectivity index (χ4n) is 4.10. The predicted molar refractivity (Wildman–Crippen MR) is 117 cm³/mol. The molecule has 1 aliphatic carbocycles. The van der Waals surface area contributed by atoms with Crippen molar-refractivity contribution in [1.29, 1.82) is 0 Å². The minimum atomic E-state index is -0.161. The Balaban J connectivity index is 1.65. The number of para-hydroxylation sites is 1. The lowest BCUT2D eigenvalue weighted by Gasteiger charge is -2.16. The Kier molecular flexibility index (Phi) is 4.75. The Morgan fingerprint density at radius 2 is 1.80 bits per heavy atom. The highest BCUT2D eigenvalue weighted by Crippen LogP contribution is 2.37. The van der Waals surface area contributed by atoms with Crippen LogP contribution < -0.4 is 15.0 Å². The zero-order valence-corrected chi connectivity index (χ0v) is 16.8. The molecule has 5 rings (SSSR count). The van der Waals surface area contributed by atoms with Crippen LogP contribution in [0, 0.1) is 0 Å². The van der Waals surface area contributed by atoms with Gasteiger partial charge in [-0.15, -0.1) is 0 Å². The molecule has 0 unspecified atom stereocenters. The number of aromatic nitrogens is 3. The molecule has 2 heterocycles. The van der Waals surface area contributed by atoms with Crippen molar-refractivity contribution >= 4 is 11.0 Å². The van der Waals surface area contributed by atoms with Crippen LogP contribution in [-0.2, 0) is 0 Å². The van der Waals surface area contributed by atoms with Crippen LogP contribution in [0.5, 0.6) is 11.5 Å². The van der Waals surface area contributed by atoms with Crippen LogP contribution >= 0.6 is 0 Å². The van der Waals surface area contributed by atoms with Crippen LogP contribution in [-0.4, -0.2) is 28.0 Å². The summed E-state index contributed by atoms with van der Waals surface area (Å²) in [5.41, 5.74) is 3.08. The zero-order valence-electron chi connectivity index (χ0n) is 16.8. The first-order valence-electron chi connectivity index (χ1n) is 10.3. The second kappa shape index (κ2) is 7.71. The Morgan fingerprint density at radius 1 is 1.00 bits per heavy atom. The SMILES string of the molecule is COc1ccc(-c2nn(-c3ccccc3)c3[nH]c(=O)ccc23)cc1OC1CCCC1. The van der Waals surface area contributed by atoms with E-state index >= 15 is 0 Å². The molecule has 0 aliphatic heterocycles. The molecule has 0 spiro atoms. The van der Waals surface area contributed by atoms with Gasteiger partial charge in [-0.25, -0.2) is 4.68 Å². The molecule has 1 saturated carbocycles. The number of H-pyrrole nitrogens is 1. The fourth-order valence-corrected chi connectivity index (χ4v) is 4.10. The van der Waals surface area contributed by atoms with Crippen molar-refractivity contribution in [1.82, 2.24) is 14.8 Å². The van der Waals surface area contributed by atoms with Gasteiger partial charge in [0.25, 0.3) is 0 Å². The first kappa shape index (κ1) is 18.5. The topological polar surface area (TPSA) is 69.1 Å². The van der Waals surface area contributed by atoms with Gasteiger partial charge in [-0.3, -0.25) is 4.79 Å². The van der Waals surface area contributed by atoms with Crippen molar-refractivity contribution in [2.24, 2.45) is 0 Å². The molecule has 152 valence electrons. The number of benzene rings is 2. The molecule has 30 heavy (non-hydrogen) atoms. The van der Waals surface area contributed by atoms with Gasteiger partial charge in [-0.1, -0.05) is 18.2 Å². The van der Waals surface area contributed by atoms with E-state index in [1.165, 1.54) is 18.9 Å². The van der Waals surface area contributed by atoms with Crippen LogP contribution in [0.15, 0.2) is 65.5 Å². The summed E-state index contributed by atoms with van der Waals surface area (Å²) in [5, 5.41) is 5.72. The molecule has 0 radical (unpaired) electrons. The summed E-state index contributed by atoms with van der Waals surface area (Å²) in [6, 6.07) is 19.0. The van der Waals surface area contributed by atoms with Crippen LogP contribution in [0.3, 0.4) is 0 Å². The van der Waals surface area contributed by atoms with E-state index in [1.807, 2.05) is 54.6 Å². The van der Waals surface area contributed by atoms with Crippen molar-refractivity contribution in [3.05, 3.63) is 71.0 Å². The Labute approximate surface area is 174 Å². The molecule has 0 saturated heterocycles. The lowest BCUT2D eigenvalue weighted by Crippen LogP contribution is -2.11. The predicted octanol–water partition coefficient (Wildman–Crippen LogP) is 4.71. The smallest absolute Gasteiger partial charge is 0.249 e. The average molecular weight is 401 g/mol. The Hall–Kier alpha value is -3.54. The molecule has 6 nitrogen and oxygen atoms in total. The first-order chi connectivity index (χ1) is 14.7. The van der Waals surface area contributed by atoms with Crippen LogP contribution in [0.4, 0.5) is 0 Å². The molecule has 1 fully saturated rings. The second-order valence-electron chi connectivity index (χ2n) is 7.57. The third-order valence-corrected chi connectivity index (χ3v) is 5.60. The Bertz CT molecular complexity index is 1240. The molecular formula is C24H23N3O3. The van der Waals surface area contributed by atoms with E-state index in [1.54, 1.807) is 11.8 Å². The quantitative estimate of drug-likeness (QED) is 0.526. The maximum atomic E-state index is 12.0. The highest BCUT2D eigenvalue weighted by molar-refractivity contribution is 5.92. The van der Waals surface area contributed by atoms with E-state index in [4.69, 9.17) is 14.6 Å². The summed E-state index contributed by atoms with van der Waals surface area (Å²) < 4.78 is 13.6. The molecule has 0 amide bonds. The van der Waals surface area contributed by atoms with Gasteiger partial charge in [-0.05, 0) is 62.1 Å². The van der Waals surface area contributed by atoms with Crippen LogP contribution in [0.25, 0.3) is 28.0 Å². The van der Waals surface area contributed by atoms with E-state index in [9.17, 15) is 4.79 Å². The van der Waals surface area contributed by atoms with E-state index in [2.05, 4.69) is 4.98 Å². The highest BCUT2D eigenvalue weighted by atomic mass is 16.5. The number of methoxy groups -OCH3 is 1. The van der Waals surface area contributed by atoms with Gasteiger partial charge in [-0.2, -0.15) is 5.10 Å². The summed E-state index contributed by atoms with van der Waals surface area (Å²) in [5.74, 6) is 1.44. The van der Waals surface area contributed by atoms with Crippen molar-refractivity contribution in [3.8, 4) is 28.4 Å². The number of hydrogen-bond donors (Lipinski definition) is 1. The largest absolute Gasteiger partial charge is 0.493 e. The third kappa shape index (κ3) is 3.34. The van der Waals surface area contributed by atoms with Crippen LogP contribution in [0.2, 0.25) is 0 Å². The molecule has 0 atom stereocenters. The zero-order chi connectivity index (χ0) is 20.5. The summed E-state index contributed by atoms with van der Waals surface area (Å²) in [7, 11) is 1.65. The van der Waals surface area contributed by atoms with E-state index in [-0.39, 0.29) is 11.7 Å².